The summed E-state index contributed by atoms with van der Waals surface area (Å²) in [7, 11) is 0. The summed E-state index contributed by atoms with van der Waals surface area (Å²) in [6.07, 6.45) is 0.280. The van der Waals surface area contributed by atoms with Gasteiger partial charge < -0.3 is 15.5 Å². The SMILES string of the molecule is Cc1ccc(N)cc1C(=O)N1CCN(C(=O)Cc2ccccc2Cl)CC1. The van der Waals surface area contributed by atoms with E-state index in [2.05, 4.69) is 0 Å². The van der Waals surface area contributed by atoms with Crippen molar-refractivity contribution >= 4 is 29.1 Å². The smallest absolute Gasteiger partial charge is 0.254 e. The monoisotopic (exact) mass is 371 g/mol. The topological polar surface area (TPSA) is 66.6 Å². The van der Waals surface area contributed by atoms with Crippen molar-refractivity contribution in [2.45, 2.75) is 13.3 Å². The second-order valence-electron chi connectivity index (χ2n) is 6.52. The fourth-order valence-electron chi connectivity index (χ4n) is 3.12. The second kappa shape index (κ2) is 7.79. The van der Waals surface area contributed by atoms with Crippen molar-refractivity contribution in [1.29, 1.82) is 0 Å². The molecule has 2 aromatic rings. The Balaban J connectivity index is 1.60. The van der Waals surface area contributed by atoms with Gasteiger partial charge in [0.25, 0.3) is 5.91 Å². The number of aryl methyl sites for hydroxylation is 1. The Morgan fingerprint density at radius 2 is 1.69 bits per heavy atom. The Bertz CT molecular complexity index is 830. The van der Waals surface area contributed by atoms with Gasteiger partial charge in [-0.05, 0) is 36.2 Å². The van der Waals surface area contributed by atoms with Gasteiger partial charge in [0.1, 0.15) is 0 Å². The number of hydrogen-bond donors (Lipinski definition) is 1. The van der Waals surface area contributed by atoms with E-state index in [0.29, 0.717) is 42.5 Å². The molecular weight excluding hydrogens is 350 g/mol. The molecular formula is C20H22ClN3O2. The summed E-state index contributed by atoms with van der Waals surface area (Å²) in [4.78, 5) is 28.8. The fraction of sp³-hybridized carbons (Fsp3) is 0.300. The first-order valence-electron chi connectivity index (χ1n) is 8.62. The van der Waals surface area contributed by atoms with E-state index in [9.17, 15) is 9.59 Å². The van der Waals surface area contributed by atoms with Crippen molar-refractivity contribution in [1.82, 2.24) is 9.80 Å². The maximum absolute atomic E-state index is 12.7. The zero-order chi connectivity index (χ0) is 18.7. The summed E-state index contributed by atoms with van der Waals surface area (Å²) in [5.74, 6) is -0.00154. The molecule has 2 N–H and O–H groups in total. The lowest BCUT2D eigenvalue weighted by molar-refractivity contribution is -0.131. The van der Waals surface area contributed by atoms with Gasteiger partial charge >= 0.3 is 0 Å². The third-order valence-corrected chi connectivity index (χ3v) is 5.08. The zero-order valence-electron chi connectivity index (χ0n) is 14.7. The Labute approximate surface area is 158 Å². The van der Waals surface area contributed by atoms with Crippen LogP contribution in [0.5, 0.6) is 0 Å². The predicted molar refractivity (Wildman–Crippen MR) is 103 cm³/mol. The minimum atomic E-state index is -0.0343. The molecule has 0 saturated carbocycles. The molecule has 1 fully saturated rings. The van der Waals surface area contributed by atoms with Gasteiger partial charge in [-0.15, -0.1) is 0 Å². The normalized spacial score (nSPS) is 14.4. The van der Waals surface area contributed by atoms with Crippen LogP contribution in [0.25, 0.3) is 0 Å². The number of halogens is 1. The number of carbonyl (C=O) groups is 2. The molecule has 2 amide bonds. The van der Waals surface area contributed by atoms with Crippen LogP contribution in [-0.2, 0) is 11.2 Å². The first-order valence-corrected chi connectivity index (χ1v) is 9.00. The van der Waals surface area contributed by atoms with E-state index < -0.39 is 0 Å². The molecule has 1 heterocycles. The van der Waals surface area contributed by atoms with Crippen molar-refractivity contribution in [3.63, 3.8) is 0 Å². The highest BCUT2D eigenvalue weighted by molar-refractivity contribution is 6.31. The molecule has 0 bridgehead atoms. The average Bonchev–Trinajstić information content (AvgIpc) is 2.65. The Morgan fingerprint density at radius 1 is 1.04 bits per heavy atom. The first kappa shape index (κ1) is 18.3. The standard InChI is InChI=1S/C20H22ClN3O2/c1-14-6-7-16(22)13-17(14)20(26)24-10-8-23(9-11-24)19(25)12-15-4-2-3-5-18(15)21/h2-7,13H,8-12,22H2,1H3. The van der Waals surface area contributed by atoms with E-state index in [1.807, 2.05) is 31.2 Å². The number of nitrogen functional groups attached to an aromatic ring is 1. The molecule has 0 radical (unpaired) electrons. The lowest BCUT2D eigenvalue weighted by Crippen LogP contribution is -2.51. The largest absolute Gasteiger partial charge is 0.399 e. The fourth-order valence-corrected chi connectivity index (χ4v) is 3.32. The van der Waals surface area contributed by atoms with Gasteiger partial charge in [-0.2, -0.15) is 0 Å². The molecule has 1 saturated heterocycles. The molecule has 136 valence electrons. The third kappa shape index (κ3) is 3.99. The molecule has 3 rings (SSSR count). The number of benzene rings is 2. The summed E-state index contributed by atoms with van der Waals surface area (Å²) in [5, 5.41) is 0.604. The number of amides is 2. The van der Waals surface area contributed by atoms with E-state index in [4.69, 9.17) is 17.3 Å². The van der Waals surface area contributed by atoms with Gasteiger partial charge in [-0.1, -0.05) is 35.9 Å². The lowest BCUT2D eigenvalue weighted by Gasteiger charge is -2.35. The number of rotatable bonds is 3. The minimum absolute atomic E-state index is 0.0327. The highest BCUT2D eigenvalue weighted by atomic mass is 35.5. The summed E-state index contributed by atoms with van der Waals surface area (Å²) < 4.78 is 0. The van der Waals surface area contributed by atoms with Crippen molar-refractivity contribution in [3.8, 4) is 0 Å². The molecule has 0 aliphatic carbocycles. The van der Waals surface area contributed by atoms with Crippen molar-refractivity contribution in [2.75, 3.05) is 31.9 Å². The molecule has 5 nitrogen and oxygen atoms in total. The quantitative estimate of drug-likeness (QED) is 0.843. The molecule has 1 aliphatic heterocycles. The first-order chi connectivity index (χ1) is 12.5. The minimum Gasteiger partial charge on any atom is -0.399 e. The van der Waals surface area contributed by atoms with E-state index in [0.717, 1.165) is 11.1 Å². The van der Waals surface area contributed by atoms with Crippen LogP contribution < -0.4 is 5.73 Å². The summed E-state index contributed by atoms with van der Waals surface area (Å²) >= 11 is 6.13. The highest BCUT2D eigenvalue weighted by Crippen LogP contribution is 2.18. The van der Waals surface area contributed by atoms with Crippen LogP contribution >= 0.6 is 11.6 Å². The number of anilines is 1. The highest BCUT2D eigenvalue weighted by Gasteiger charge is 2.25. The van der Waals surface area contributed by atoms with Gasteiger partial charge in [-0.25, -0.2) is 0 Å². The van der Waals surface area contributed by atoms with Gasteiger partial charge in [0.05, 0.1) is 6.42 Å². The van der Waals surface area contributed by atoms with Crippen LogP contribution in [0.4, 0.5) is 5.69 Å². The van der Waals surface area contributed by atoms with E-state index >= 15 is 0 Å². The molecule has 0 atom stereocenters. The van der Waals surface area contributed by atoms with E-state index in [-0.39, 0.29) is 18.2 Å². The Hall–Kier alpha value is -2.53. The molecule has 0 unspecified atom stereocenters. The maximum Gasteiger partial charge on any atom is 0.254 e. The summed E-state index contributed by atoms with van der Waals surface area (Å²) in [6.45, 7) is 3.98. The molecule has 6 heteroatoms. The van der Waals surface area contributed by atoms with E-state index in [1.165, 1.54) is 0 Å². The van der Waals surface area contributed by atoms with Crippen LogP contribution in [0.3, 0.4) is 0 Å². The molecule has 26 heavy (non-hydrogen) atoms. The van der Waals surface area contributed by atoms with Gasteiger partial charge in [0.15, 0.2) is 0 Å². The summed E-state index contributed by atoms with van der Waals surface area (Å²) in [6, 6.07) is 12.7. The van der Waals surface area contributed by atoms with Crippen molar-refractivity contribution in [3.05, 3.63) is 64.2 Å². The number of piperazine rings is 1. The van der Waals surface area contributed by atoms with Crippen LogP contribution in [-0.4, -0.2) is 47.8 Å². The zero-order valence-corrected chi connectivity index (χ0v) is 15.5. The van der Waals surface area contributed by atoms with Gasteiger partial charge in [0, 0.05) is 42.5 Å². The number of hydrogen-bond acceptors (Lipinski definition) is 3. The second-order valence-corrected chi connectivity index (χ2v) is 6.92. The molecule has 0 aromatic heterocycles. The number of carbonyl (C=O) groups excluding carboxylic acids is 2. The van der Waals surface area contributed by atoms with Gasteiger partial charge in [0.2, 0.25) is 5.91 Å². The summed E-state index contributed by atoms with van der Waals surface area (Å²) in [5.41, 5.74) is 8.74. The molecule has 0 spiro atoms. The Morgan fingerprint density at radius 3 is 2.38 bits per heavy atom. The third-order valence-electron chi connectivity index (χ3n) is 4.71. The van der Waals surface area contributed by atoms with Crippen LogP contribution in [0, 0.1) is 6.92 Å². The van der Waals surface area contributed by atoms with Gasteiger partial charge in [-0.3, -0.25) is 9.59 Å². The average molecular weight is 372 g/mol. The van der Waals surface area contributed by atoms with Crippen molar-refractivity contribution < 1.29 is 9.59 Å². The molecule has 1 aliphatic rings. The van der Waals surface area contributed by atoms with Crippen LogP contribution in [0.2, 0.25) is 5.02 Å². The van der Waals surface area contributed by atoms with Crippen LogP contribution in [0.1, 0.15) is 21.5 Å². The molecule has 2 aromatic carbocycles. The van der Waals surface area contributed by atoms with E-state index in [1.54, 1.807) is 28.0 Å². The number of nitrogens with zero attached hydrogens (tertiary/aromatic N) is 2. The maximum atomic E-state index is 12.7. The predicted octanol–water partition coefficient (Wildman–Crippen LogP) is 2.76. The lowest BCUT2D eigenvalue weighted by atomic mass is 10.1. The van der Waals surface area contributed by atoms with Crippen LogP contribution in [0.15, 0.2) is 42.5 Å². The Kier molecular flexibility index (Phi) is 5.47. The number of nitrogens with two attached hydrogens (primary N) is 1. The van der Waals surface area contributed by atoms with Crippen molar-refractivity contribution in [2.24, 2.45) is 0 Å².